The van der Waals surface area contributed by atoms with Crippen LogP contribution in [0, 0.1) is 13.8 Å². The van der Waals surface area contributed by atoms with E-state index in [0.717, 1.165) is 11.1 Å². The Bertz CT molecular complexity index is 388. The second kappa shape index (κ2) is 5.09. The molecule has 16 heavy (non-hydrogen) atoms. The Hall–Kier alpha value is -1.39. The molecule has 0 aliphatic rings. The third-order valence-corrected chi connectivity index (χ3v) is 2.51. The molecular formula is C12H19N3O. The van der Waals surface area contributed by atoms with Gasteiger partial charge in [-0.25, -0.2) is 5.01 Å². The molecule has 0 aliphatic heterocycles. The van der Waals surface area contributed by atoms with Crippen LogP contribution in [0.1, 0.15) is 22.7 Å². The summed E-state index contributed by atoms with van der Waals surface area (Å²) in [5, 5.41) is 1.59. The number of aryl methyl sites for hydroxylation is 2. The largest absolute Gasteiger partial charge is 0.316 e. The fourth-order valence-corrected chi connectivity index (χ4v) is 1.40. The van der Waals surface area contributed by atoms with Crippen LogP contribution < -0.4 is 11.2 Å². The quantitative estimate of drug-likeness (QED) is 0.745. The van der Waals surface area contributed by atoms with Gasteiger partial charge in [-0.15, -0.1) is 0 Å². The monoisotopic (exact) mass is 221 g/mol. The van der Waals surface area contributed by atoms with Gasteiger partial charge in [0.25, 0.3) is 5.91 Å². The number of hydrazine groups is 1. The van der Waals surface area contributed by atoms with Crippen molar-refractivity contribution in [2.24, 2.45) is 5.73 Å². The molecule has 1 rings (SSSR count). The van der Waals surface area contributed by atoms with Crippen LogP contribution >= 0.6 is 0 Å². The van der Waals surface area contributed by atoms with Gasteiger partial charge in [0.2, 0.25) is 0 Å². The van der Waals surface area contributed by atoms with E-state index in [-0.39, 0.29) is 5.91 Å². The van der Waals surface area contributed by atoms with Crippen LogP contribution in [0.25, 0.3) is 0 Å². The van der Waals surface area contributed by atoms with Gasteiger partial charge in [0, 0.05) is 14.1 Å². The van der Waals surface area contributed by atoms with E-state index in [2.05, 4.69) is 5.43 Å². The molecule has 4 nitrogen and oxygen atoms in total. The lowest BCUT2D eigenvalue weighted by Crippen LogP contribution is -2.42. The Morgan fingerprint density at radius 1 is 1.31 bits per heavy atom. The predicted molar refractivity (Wildman–Crippen MR) is 64.7 cm³/mol. The number of carbonyl (C=O) groups is 1. The minimum atomic E-state index is -0.623. The zero-order valence-corrected chi connectivity index (χ0v) is 10.2. The number of nitrogens with one attached hydrogen (secondary N) is 1. The number of nitrogens with zero attached hydrogens (tertiary/aromatic N) is 1. The number of nitrogens with two attached hydrogens (primary N) is 1. The molecule has 0 spiro atoms. The highest BCUT2D eigenvalue weighted by molar-refractivity contribution is 5.82. The number of benzene rings is 1. The van der Waals surface area contributed by atoms with Gasteiger partial charge in [0.15, 0.2) is 0 Å². The molecule has 1 aromatic rings. The van der Waals surface area contributed by atoms with Crippen LogP contribution in [0.15, 0.2) is 18.2 Å². The number of carbonyl (C=O) groups excluding carboxylic acids is 1. The first-order chi connectivity index (χ1) is 7.41. The second-order valence-corrected chi connectivity index (χ2v) is 4.19. The van der Waals surface area contributed by atoms with E-state index in [4.69, 9.17) is 5.73 Å². The predicted octanol–water partition coefficient (Wildman–Crippen LogP) is 0.896. The summed E-state index contributed by atoms with van der Waals surface area (Å²) in [4.78, 5) is 11.7. The minimum absolute atomic E-state index is 0.201. The van der Waals surface area contributed by atoms with Crippen LogP contribution in [0.5, 0.6) is 0 Å². The van der Waals surface area contributed by atoms with Gasteiger partial charge < -0.3 is 5.73 Å². The summed E-state index contributed by atoms with van der Waals surface area (Å²) in [6.07, 6.45) is 0. The summed E-state index contributed by atoms with van der Waals surface area (Å²) < 4.78 is 0. The second-order valence-electron chi connectivity index (χ2n) is 4.19. The van der Waals surface area contributed by atoms with Crippen LogP contribution in [-0.4, -0.2) is 25.0 Å². The maximum absolute atomic E-state index is 11.7. The van der Waals surface area contributed by atoms with E-state index in [0.29, 0.717) is 0 Å². The van der Waals surface area contributed by atoms with E-state index in [1.807, 2.05) is 32.0 Å². The van der Waals surface area contributed by atoms with Crippen molar-refractivity contribution in [1.82, 2.24) is 10.4 Å². The van der Waals surface area contributed by atoms with Crippen molar-refractivity contribution >= 4 is 5.91 Å². The first-order valence-corrected chi connectivity index (χ1v) is 5.22. The topological polar surface area (TPSA) is 58.4 Å². The number of hydrogen-bond acceptors (Lipinski definition) is 3. The van der Waals surface area contributed by atoms with Gasteiger partial charge in [-0.2, -0.15) is 0 Å². The highest BCUT2D eigenvalue weighted by atomic mass is 16.2. The first kappa shape index (κ1) is 12.7. The Labute approximate surface area is 96.4 Å². The standard InChI is InChI=1S/C12H19N3O/c1-8-5-6-10(7-9(8)2)11(13)12(16)14-15(3)4/h5-7,11H,13H2,1-4H3,(H,14,16). The molecule has 0 bridgehead atoms. The molecule has 0 heterocycles. The fraction of sp³-hybridized carbons (Fsp3) is 0.417. The maximum atomic E-state index is 11.7. The lowest BCUT2D eigenvalue weighted by Gasteiger charge is -2.17. The summed E-state index contributed by atoms with van der Waals surface area (Å²) in [5.74, 6) is -0.201. The van der Waals surface area contributed by atoms with Gasteiger partial charge >= 0.3 is 0 Å². The number of amides is 1. The first-order valence-electron chi connectivity index (χ1n) is 5.22. The van der Waals surface area contributed by atoms with E-state index in [1.165, 1.54) is 5.56 Å². The third-order valence-electron chi connectivity index (χ3n) is 2.51. The lowest BCUT2D eigenvalue weighted by atomic mass is 10.0. The smallest absolute Gasteiger partial charge is 0.255 e. The molecule has 0 radical (unpaired) electrons. The Morgan fingerprint density at radius 3 is 2.44 bits per heavy atom. The molecule has 1 atom stereocenters. The summed E-state index contributed by atoms with van der Waals surface area (Å²) in [7, 11) is 3.51. The van der Waals surface area contributed by atoms with Crippen LogP contribution in [-0.2, 0) is 4.79 Å². The SMILES string of the molecule is Cc1ccc(C(N)C(=O)NN(C)C)cc1C. The van der Waals surface area contributed by atoms with Crippen LogP contribution in [0.4, 0.5) is 0 Å². The third kappa shape index (κ3) is 3.05. The molecular weight excluding hydrogens is 202 g/mol. The van der Waals surface area contributed by atoms with Crippen molar-refractivity contribution in [2.45, 2.75) is 19.9 Å². The van der Waals surface area contributed by atoms with Gasteiger partial charge in [0.05, 0.1) is 0 Å². The molecule has 4 heteroatoms. The highest BCUT2D eigenvalue weighted by Gasteiger charge is 2.16. The van der Waals surface area contributed by atoms with Crippen molar-refractivity contribution in [3.63, 3.8) is 0 Å². The molecule has 1 amide bonds. The molecule has 1 unspecified atom stereocenters. The fourth-order valence-electron chi connectivity index (χ4n) is 1.40. The van der Waals surface area contributed by atoms with E-state index in [9.17, 15) is 4.79 Å². The molecule has 0 aromatic heterocycles. The molecule has 1 aromatic carbocycles. The molecule has 3 N–H and O–H groups in total. The summed E-state index contributed by atoms with van der Waals surface area (Å²) >= 11 is 0. The summed E-state index contributed by atoms with van der Waals surface area (Å²) in [6, 6.07) is 5.20. The maximum Gasteiger partial charge on any atom is 0.255 e. The number of rotatable bonds is 3. The van der Waals surface area contributed by atoms with Crippen LogP contribution in [0.3, 0.4) is 0 Å². The Kier molecular flexibility index (Phi) is 4.04. The molecule has 0 saturated heterocycles. The summed E-state index contributed by atoms with van der Waals surface area (Å²) in [6.45, 7) is 4.04. The average molecular weight is 221 g/mol. The van der Waals surface area contributed by atoms with Crippen molar-refractivity contribution in [2.75, 3.05) is 14.1 Å². The minimum Gasteiger partial charge on any atom is -0.316 e. The van der Waals surface area contributed by atoms with Crippen molar-refractivity contribution in [1.29, 1.82) is 0 Å². The molecule has 0 aliphatic carbocycles. The Balaban J connectivity index is 2.83. The zero-order chi connectivity index (χ0) is 12.3. The van der Waals surface area contributed by atoms with E-state index in [1.54, 1.807) is 19.1 Å². The highest BCUT2D eigenvalue weighted by Crippen LogP contribution is 2.15. The van der Waals surface area contributed by atoms with Crippen molar-refractivity contribution in [3.05, 3.63) is 34.9 Å². The molecule has 88 valence electrons. The normalized spacial score (nSPS) is 12.6. The van der Waals surface area contributed by atoms with Crippen molar-refractivity contribution in [3.8, 4) is 0 Å². The van der Waals surface area contributed by atoms with Gasteiger partial charge in [-0.1, -0.05) is 18.2 Å². The molecule has 0 fully saturated rings. The lowest BCUT2D eigenvalue weighted by molar-refractivity contribution is -0.126. The zero-order valence-electron chi connectivity index (χ0n) is 10.2. The van der Waals surface area contributed by atoms with Gasteiger partial charge in [-0.05, 0) is 30.5 Å². The number of hydrogen-bond donors (Lipinski definition) is 2. The van der Waals surface area contributed by atoms with Gasteiger partial charge in [0.1, 0.15) is 6.04 Å². The van der Waals surface area contributed by atoms with E-state index >= 15 is 0 Å². The van der Waals surface area contributed by atoms with Crippen LogP contribution in [0.2, 0.25) is 0 Å². The van der Waals surface area contributed by atoms with Crippen molar-refractivity contribution < 1.29 is 4.79 Å². The summed E-state index contributed by atoms with van der Waals surface area (Å²) in [5.41, 5.74) is 11.7. The Morgan fingerprint density at radius 2 is 1.94 bits per heavy atom. The van der Waals surface area contributed by atoms with E-state index < -0.39 is 6.04 Å². The van der Waals surface area contributed by atoms with Gasteiger partial charge in [-0.3, -0.25) is 10.2 Å². The molecule has 0 saturated carbocycles. The average Bonchev–Trinajstić information content (AvgIpc) is 2.20.